The van der Waals surface area contributed by atoms with Gasteiger partial charge in [0.1, 0.15) is 11.4 Å². The normalized spacial score (nSPS) is 18.1. The van der Waals surface area contributed by atoms with E-state index in [1.54, 1.807) is 26.0 Å². The fourth-order valence-electron chi connectivity index (χ4n) is 4.00. The monoisotopic (exact) mass is 392 g/mol. The van der Waals surface area contributed by atoms with Crippen LogP contribution in [0.5, 0.6) is 5.75 Å². The number of phenolic OH excluding ortho intramolecular Hbond substituents is 1. The van der Waals surface area contributed by atoms with Crippen molar-refractivity contribution < 1.29 is 10.2 Å². The Morgan fingerprint density at radius 3 is 2.55 bits per heavy atom. The van der Waals surface area contributed by atoms with Gasteiger partial charge < -0.3 is 20.4 Å². The molecule has 1 aliphatic rings. The van der Waals surface area contributed by atoms with Crippen LogP contribution in [0.15, 0.2) is 42.5 Å². The summed E-state index contributed by atoms with van der Waals surface area (Å²) < 4.78 is 0. The molecule has 0 spiro atoms. The number of likely N-dealkylation sites (N-methyl/N-ethyl adjacent to an activating group) is 1. The summed E-state index contributed by atoms with van der Waals surface area (Å²) in [6.45, 7) is 5.50. The number of phenols is 1. The molecule has 29 heavy (non-hydrogen) atoms. The van der Waals surface area contributed by atoms with Gasteiger partial charge in [-0.1, -0.05) is 30.3 Å². The molecule has 2 heterocycles. The zero-order valence-electron chi connectivity index (χ0n) is 17.2. The molecule has 6 heteroatoms. The van der Waals surface area contributed by atoms with E-state index in [0.717, 1.165) is 36.1 Å². The minimum Gasteiger partial charge on any atom is -0.507 e. The van der Waals surface area contributed by atoms with Crippen LogP contribution in [0.3, 0.4) is 0 Å². The van der Waals surface area contributed by atoms with Crippen molar-refractivity contribution in [2.75, 3.05) is 25.5 Å². The standard InChI is InChI=1S/C23H28N4O2/c1-23(2,29)15-10-11-19(20(28)13-15)21-17-8-4-5-9-18(17)22(26-25-21)24-16-7-6-12-27(3)14-16/h4-5,8-11,13,16,28-29H,6-7,12,14H2,1-3H3,(H,24,26). The SMILES string of the molecule is CN1CCCC(Nc2nnc(-c3ccc(C(C)(C)O)cc3O)c3ccccc23)C1. The number of aliphatic hydroxyl groups is 1. The zero-order valence-corrected chi connectivity index (χ0v) is 17.2. The van der Waals surface area contributed by atoms with E-state index in [-0.39, 0.29) is 5.75 Å². The Balaban J connectivity index is 1.74. The molecule has 1 saturated heterocycles. The number of piperidine rings is 1. The van der Waals surface area contributed by atoms with Gasteiger partial charge in [0.25, 0.3) is 0 Å². The maximum absolute atomic E-state index is 10.6. The fourth-order valence-corrected chi connectivity index (χ4v) is 4.00. The molecule has 1 aliphatic heterocycles. The average molecular weight is 393 g/mol. The zero-order chi connectivity index (χ0) is 20.6. The molecule has 3 aromatic rings. The summed E-state index contributed by atoms with van der Waals surface area (Å²) in [5, 5.41) is 35.3. The first-order valence-electron chi connectivity index (χ1n) is 10.1. The fraction of sp³-hybridized carbons (Fsp3) is 0.391. The molecular formula is C23H28N4O2. The summed E-state index contributed by atoms with van der Waals surface area (Å²) >= 11 is 0. The predicted molar refractivity (Wildman–Crippen MR) is 116 cm³/mol. The molecule has 1 atom stereocenters. The third kappa shape index (κ3) is 4.04. The molecular weight excluding hydrogens is 364 g/mol. The third-order valence-electron chi connectivity index (χ3n) is 5.61. The van der Waals surface area contributed by atoms with E-state index >= 15 is 0 Å². The van der Waals surface area contributed by atoms with Crippen LogP contribution < -0.4 is 5.32 Å². The molecule has 0 aliphatic carbocycles. The highest BCUT2D eigenvalue weighted by Crippen LogP contribution is 2.36. The number of anilines is 1. The first-order chi connectivity index (χ1) is 13.8. The molecule has 1 fully saturated rings. The van der Waals surface area contributed by atoms with Gasteiger partial charge in [-0.05, 0) is 58.0 Å². The van der Waals surface area contributed by atoms with Crippen LogP contribution >= 0.6 is 0 Å². The quantitative estimate of drug-likeness (QED) is 0.628. The number of nitrogens with zero attached hydrogens (tertiary/aromatic N) is 3. The largest absolute Gasteiger partial charge is 0.507 e. The maximum atomic E-state index is 10.6. The van der Waals surface area contributed by atoms with Crippen molar-refractivity contribution in [3.8, 4) is 17.0 Å². The van der Waals surface area contributed by atoms with Gasteiger partial charge in [0.15, 0.2) is 5.82 Å². The molecule has 1 aromatic heterocycles. The summed E-state index contributed by atoms with van der Waals surface area (Å²) in [7, 11) is 2.14. The van der Waals surface area contributed by atoms with Crippen molar-refractivity contribution in [2.45, 2.75) is 38.3 Å². The number of hydrogen-bond acceptors (Lipinski definition) is 6. The van der Waals surface area contributed by atoms with E-state index in [1.807, 2.05) is 30.3 Å². The van der Waals surface area contributed by atoms with Crippen LogP contribution in [0.4, 0.5) is 5.82 Å². The van der Waals surface area contributed by atoms with Gasteiger partial charge in [-0.3, -0.25) is 0 Å². The second-order valence-corrected chi connectivity index (χ2v) is 8.48. The predicted octanol–water partition coefficient (Wildman–Crippen LogP) is 3.74. The van der Waals surface area contributed by atoms with E-state index in [0.29, 0.717) is 22.9 Å². The van der Waals surface area contributed by atoms with Crippen molar-refractivity contribution in [1.29, 1.82) is 0 Å². The number of benzene rings is 2. The lowest BCUT2D eigenvalue weighted by Gasteiger charge is -2.30. The Morgan fingerprint density at radius 2 is 1.86 bits per heavy atom. The lowest BCUT2D eigenvalue weighted by atomic mass is 9.95. The topological polar surface area (TPSA) is 81.5 Å². The molecule has 3 N–H and O–H groups in total. The highest BCUT2D eigenvalue weighted by atomic mass is 16.3. The third-order valence-corrected chi connectivity index (χ3v) is 5.61. The van der Waals surface area contributed by atoms with Crippen LogP contribution in [0.2, 0.25) is 0 Å². The van der Waals surface area contributed by atoms with Crippen molar-refractivity contribution in [2.24, 2.45) is 0 Å². The van der Waals surface area contributed by atoms with Crippen LogP contribution in [0.25, 0.3) is 22.0 Å². The number of hydrogen-bond donors (Lipinski definition) is 3. The number of nitrogens with one attached hydrogen (secondary N) is 1. The van der Waals surface area contributed by atoms with Gasteiger partial charge in [-0.25, -0.2) is 0 Å². The van der Waals surface area contributed by atoms with E-state index in [1.165, 1.54) is 6.42 Å². The van der Waals surface area contributed by atoms with E-state index < -0.39 is 5.60 Å². The molecule has 6 nitrogen and oxygen atoms in total. The van der Waals surface area contributed by atoms with Crippen LogP contribution in [0.1, 0.15) is 32.3 Å². The lowest BCUT2D eigenvalue weighted by Crippen LogP contribution is -2.40. The number of rotatable bonds is 4. The summed E-state index contributed by atoms with van der Waals surface area (Å²) in [5.41, 5.74) is 0.859. The van der Waals surface area contributed by atoms with Crippen LogP contribution in [0, 0.1) is 0 Å². The Labute approximate surface area is 171 Å². The first kappa shape index (κ1) is 19.6. The molecule has 1 unspecified atom stereocenters. The Morgan fingerprint density at radius 1 is 1.10 bits per heavy atom. The molecule has 0 amide bonds. The maximum Gasteiger partial charge on any atom is 0.156 e. The van der Waals surface area contributed by atoms with E-state index in [4.69, 9.17) is 0 Å². The highest BCUT2D eigenvalue weighted by molar-refractivity contribution is 6.00. The summed E-state index contributed by atoms with van der Waals surface area (Å²) in [4.78, 5) is 2.33. The Kier molecular flexibility index (Phi) is 5.15. The molecule has 0 saturated carbocycles. The van der Waals surface area contributed by atoms with Crippen LogP contribution in [-0.2, 0) is 5.60 Å². The van der Waals surface area contributed by atoms with Crippen molar-refractivity contribution in [3.63, 3.8) is 0 Å². The van der Waals surface area contributed by atoms with Gasteiger partial charge in [-0.2, -0.15) is 0 Å². The lowest BCUT2D eigenvalue weighted by molar-refractivity contribution is 0.0783. The average Bonchev–Trinajstić information content (AvgIpc) is 2.68. The number of aromatic hydroxyl groups is 1. The van der Waals surface area contributed by atoms with Gasteiger partial charge in [0.2, 0.25) is 0 Å². The Hall–Kier alpha value is -2.70. The molecule has 4 rings (SSSR count). The Bertz CT molecular complexity index is 1030. The molecule has 2 aromatic carbocycles. The highest BCUT2D eigenvalue weighted by Gasteiger charge is 2.21. The first-order valence-corrected chi connectivity index (χ1v) is 10.1. The summed E-state index contributed by atoms with van der Waals surface area (Å²) in [6.07, 6.45) is 2.28. The van der Waals surface area contributed by atoms with E-state index in [9.17, 15) is 10.2 Å². The number of fused-ring (bicyclic) bond motifs is 1. The second-order valence-electron chi connectivity index (χ2n) is 8.48. The van der Waals surface area contributed by atoms with Crippen molar-refractivity contribution >= 4 is 16.6 Å². The van der Waals surface area contributed by atoms with Crippen LogP contribution in [-0.4, -0.2) is 51.5 Å². The molecule has 152 valence electrons. The summed E-state index contributed by atoms with van der Waals surface area (Å²) in [6, 6.07) is 13.5. The smallest absolute Gasteiger partial charge is 0.156 e. The molecule has 0 radical (unpaired) electrons. The number of likely N-dealkylation sites (tertiary alicyclic amines) is 1. The second kappa shape index (κ2) is 7.61. The van der Waals surface area contributed by atoms with Gasteiger partial charge in [0, 0.05) is 28.9 Å². The molecule has 0 bridgehead atoms. The number of aromatic nitrogens is 2. The van der Waals surface area contributed by atoms with Gasteiger partial charge >= 0.3 is 0 Å². The van der Waals surface area contributed by atoms with Gasteiger partial charge in [0.05, 0.1) is 5.60 Å². The van der Waals surface area contributed by atoms with Crippen molar-refractivity contribution in [1.82, 2.24) is 15.1 Å². The minimum atomic E-state index is -1.02. The van der Waals surface area contributed by atoms with Gasteiger partial charge in [-0.15, -0.1) is 10.2 Å². The van der Waals surface area contributed by atoms with E-state index in [2.05, 4.69) is 27.5 Å². The minimum absolute atomic E-state index is 0.0821. The summed E-state index contributed by atoms with van der Waals surface area (Å²) in [5.74, 6) is 0.857. The van der Waals surface area contributed by atoms with Crippen molar-refractivity contribution in [3.05, 3.63) is 48.0 Å².